The van der Waals surface area contributed by atoms with Gasteiger partial charge in [-0.2, -0.15) is 0 Å². The largest absolute Gasteiger partial charge is 0.399 e. The van der Waals surface area contributed by atoms with Crippen LogP contribution in [-0.2, 0) is 4.79 Å². The molecule has 1 aliphatic heterocycles. The van der Waals surface area contributed by atoms with E-state index in [2.05, 4.69) is 0 Å². The van der Waals surface area contributed by atoms with Crippen molar-refractivity contribution in [3.05, 3.63) is 23.3 Å². The second-order valence-electron chi connectivity index (χ2n) is 4.50. The zero-order valence-corrected chi connectivity index (χ0v) is 11.9. The van der Waals surface area contributed by atoms with Crippen molar-refractivity contribution in [2.75, 3.05) is 17.2 Å². The molecule has 1 saturated heterocycles. The van der Waals surface area contributed by atoms with Gasteiger partial charge in [-0.05, 0) is 49.9 Å². The van der Waals surface area contributed by atoms with Crippen LogP contribution in [0.25, 0.3) is 0 Å². The van der Waals surface area contributed by atoms with Gasteiger partial charge in [-0.15, -0.1) is 0 Å². The minimum atomic E-state index is 0.235. The molecule has 0 spiro atoms. The van der Waals surface area contributed by atoms with Gasteiger partial charge in [-0.3, -0.25) is 4.79 Å². The number of carbonyl (C=O) groups is 1. The monoisotopic (exact) mass is 248 g/mol. The van der Waals surface area contributed by atoms with Crippen LogP contribution in [-0.4, -0.2) is 12.5 Å². The maximum absolute atomic E-state index is 11.8. The number of anilines is 2. The Kier molecular flexibility index (Phi) is 5.20. The Morgan fingerprint density at radius 3 is 2.39 bits per heavy atom. The van der Waals surface area contributed by atoms with Crippen LogP contribution in [0.3, 0.4) is 0 Å². The minimum Gasteiger partial charge on any atom is -0.399 e. The molecule has 1 aromatic rings. The first-order valence-corrected chi connectivity index (χ1v) is 6.76. The average Bonchev–Trinajstić information content (AvgIpc) is 2.37. The zero-order valence-electron chi connectivity index (χ0n) is 11.9. The number of nitrogen functional groups attached to an aromatic ring is 1. The van der Waals surface area contributed by atoms with Crippen molar-refractivity contribution >= 4 is 17.3 Å². The van der Waals surface area contributed by atoms with Crippen LogP contribution in [0.1, 0.15) is 44.2 Å². The van der Waals surface area contributed by atoms with Gasteiger partial charge in [0.2, 0.25) is 5.91 Å². The van der Waals surface area contributed by atoms with Gasteiger partial charge in [-0.25, -0.2) is 0 Å². The van der Waals surface area contributed by atoms with Crippen LogP contribution in [0, 0.1) is 13.8 Å². The van der Waals surface area contributed by atoms with Gasteiger partial charge in [-0.1, -0.05) is 13.8 Å². The summed E-state index contributed by atoms with van der Waals surface area (Å²) in [6, 6.07) is 3.97. The molecule has 0 aromatic heterocycles. The summed E-state index contributed by atoms with van der Waals surface area (Å²) in [6.45, 7) is 8.82. The lowest BCUT2D eigenvalue weighted by molar-refractivity contribution is -0.119. The van der Waals surface area contributed by atoms with Gasteiger partial charge >= 0.3 is 0 Å². The van der Waals surface area contributed by atoms with Crippen LogP contribution in [0.4, 0.5) is 11.4 Å². The van der Waals surface area contributed by atoms with Crippen molar-refractivity contribution in [3.8, 4) is 0 Å². The molecule has 0 aliphatic carbocycles. The summed E-state index contributed by atoms with van der Waals surface area (Å²) in [4.78, 5) is 13.7. The summed E-state index contributed by atoms with van der Waals surface area (Å²) in [7, 11) is 0. The summed E-state index contributed by atoms with van der Waals surface area (Å²) >= 11 is 0. The standard InChI is InChI=1S/C13H18N2O.C2H6/c1-9-8-12(10(2)7-11(9)14)15-6-4-3-5-13(15)16;1-2/h7-8H,3-6,14H2,1-2H3;1-2H3. The summed E-state index contributed by atoms with van der Waals surface area (Å²) < 4.78 is 0. The van der Waals surface area contributed by atoms with Crippen LogP contribution in [0.2, 0.25) is 0 Å². The number of benzene rings is 1. The van der Waals surface area contributed by atoms with Gasteiger partial charge < -0.3 is 10.6 Å². The lowest BCUT2D eigenvalue weighted by Crippen LogP contribution is -2.35. The number of amides is 1. The van der Waals surface area contributed by atoms with E-state index < -0.39 is 0 Å². The summed E-state index contributed by atoms with van der Waals surface area (Å²) in [6.07, 6.45) is 2.78. The van der Waals surface area contributed by atoms with Gasteiger partial charge in [0.25, 0.3) is 0 Å². The highest BCUT2D eigenvalue weighted by molar-refractivity contribution is 5.95. The lowest BCUT2D eigenvalue weighted by Gasteiger charge is -2.28. The third-order valence-corrected chi connectivity index (χ3v) is 3.20. The van der Waals surface area contributed by atoms with Gasteiger partial charge in [0.15, 0.2) is 0 Å². The second-order valence-corrected chi connectivity index (χ2v) is 4.50. The Morgan fingerprint density at radius 1 is 1.11 bits per heavy atom. The van der Waals surface area contributed by atoms with E-state index in [-0.39, 0.29) is 5.91 Å². The quantitative estimate of drug-likeness (QED) is 0.774. The Hall–Kier alpha value is -1.51. The number of rotatable bonds is 1. The van der Waals surface area contributed by atoms with Crippen molar-refractivity contribution in [1.82, 2.24) is 0 Å². The van der Waals surface area contributed by atoms with Gasteiger partial charge in [0.05, 0.1) is 0 Å². The Labute approximate surface area is 110 Å². The Bertz CT molecular complexity index is 427. The number of aryl methyl sites for hydroxylation is 2. The van der Waals surface area contributed by atoms with Crippen molar-refractivity contribution in [2.24, 2.45) is 0 Å². The molecule has 0 unspecified atom stereocenters. The fourth-order valence-corrected chi connectivity index (χ4v) is 2.17. The van der Waals surface area contributed by atoms with E-state index in [1.807, 2.05) is 44.7 Å². The molecule has 1 aliphatic rings. The van der Waals surface area contributed by atoms with E-state index in [0.717, 1.165) is 41.9 Å². The molecule has 0 bridgehead atoms. The maximum atomic E-state index is 11.8. The highest BCUT2D eigenvalue weighted by Gasteiger charge is 2.21. The number of hydrogen-bond donors (Lipinski definition) is 1. The van der Waals surface area contributed by atoms with Crippen molar-refractivity contribution in [3.63, 3.8) is 0 Å². The van der Waals surface area contributed by atoms with E-state index in [4.69, 9.17) is 5.73 Å². The zero-order chi connectivity index (χ0) is 13.7. The first kappa shape index (κ1) is 14.6. The molecule has 0 saturated carbocycles. The highest BCUT2D eigenvalue weighted by Crippen LogP contribution is 2.28. The first-order chi connectivity index (χ1) is 8.59. The Morgan fingerprint density at radius 2 is 1.78 bits per heavy atom. The summed E-state index contributed by atoms with van der Waals surface area (Å²) in [5, 5.41) is 0. The molecular formula is C15H24N2O. The van der Waals surface area contributed by atoms with Gasteiger partial charge in [0.1, 0.15) is 0 Å². The van der Waals surface area contributed by atoms with E-state index in [9.17, 15) is 4.79 Å². The molecular weight excluding hydrogens is 224 g/mol. The molecule has 0 atom stereocenters. The van der Waals surface area contributed by atoms with Crippen LogP contribution >= 0.6 is 0 Å². The predicted octanol–water partition coefficient (Wildman–Crippen LogP) is 3.43. The molecule has 2 rings (SSSR count). The third-order valence-electron chi connectivity index (χ3n) is 3.20. The molecule has 2 N–H and O–H groups in total. The molecule has 18 heavy (non-hydrogen) atoms. The average molecular weight is 248 g/mol. The first-order valence-electron chi connectivity index (χ1n) is 6.76. The molecule has 0 radical (unpaired) electrons. The molecule has 3 nitrogen and oxygen atoms in total. The predicted molar refractivity (Wildman–Crippen MR) is 77.9 cm³/mol. The van der Waals surface area contributed by atoms with Crippen LogP contribution < -0.4 is 10.6 Å². The maximum Gasteiger partial charge on any atom is 0.226 e. The molecule has 100 valence electrons. The van der Waals surface area contributed by atoms with Crippen molar-refractivity contribution in [1.29, 1.82) is 0 Å². The number of nitrogens with zero attached hydrogens (tertiary/aromatic N) is 1. The van der Waals surface area contributed by atoms with Crippen LogP contribution in [0.5, 0.6) is 0 Å². The SMILES string of the molecule is CC.Cc1cc(N2CCCCC2=O)c(C)cc1N. The van der Waals surface area contributed by atoms with E-state index in [1.165, 1.54) is 0 Å². The number of nitrogens with two attached hydrogens (primary N) is 1. The fraction of sp³-hybridized carbons (Fsp3) is 0.533. The summed E-state index contributed by atoms with van der Waals surface area (Å²) in [5.41, 5.74) is 9.79. The number of hydrogen-bond acceptors (Lipinski definition) is 2. The van der Waals surface area contributed by atoms with E-state index in [0.29, 0.717) is 6.42 Å². The highest BCUT2D eigenvalue weighted by atomic mass is 16.2. The Balaban J connectivity index is 0.000000771. The number of carbonyl (C=O) groups excluding carboxylic acids is 1. The molecule has 1 amide bonds. The van der Waals surface area contributed by atoms with Crippen LogP contribution in [0.15, 0.2) is 12.1 Å². The second kappa shape index (κ2) is 6.43. The van der Waals surface area contributed by atoms with Crippen molar-refractivity contribution < 1.29 is 4.79 Å². The molecule has 3 heteroatoms. The lowest BCUT2D eigenvalue weighted by atomic mass is 10.0. The van der Waals surface area contributed by atoms with E-state index in [1.54, 1.807) is 0 Å². The normalized spacial score (nSPS) is 15.1. The minimum absolute atomic E-state index is 0.235. The molecule has 1 fully saturated rings. The smallest absolute Gasteiger partial charge is 0.226 e. The van der Waals surface area contributed by atoms with E-state index >= 15 is 0 Å². The molecule has 1 heterocycles. The van der Waals surface area contributed by atoms with Crippen molar-refractivity contribution in [2.45, 2.75) is 47.0 Å². The molecule has 1 aromatic carbocycles. The van der Waals surface area contributed by atoms with Gasteiger partial charge in [0, 0.05) is 24.3 Å². The topological polar surface area (TPSA) is 46.3 Å². The fourth-order valence-electron chi connectivity index (χ4n) is 2.17. The summed E-state index contributed by atoms with van der Waals surface area (Å²) in [5.74, 6) is 0.235. The third kappa shape index (κ3) is 3.03. The number of piperidine rings is 1.